The lowest BCUT2D eigenvalue weighted by molar-refractivity contribution is -0.126. The van der Waals surface area contributed by atoms with Crippen LogP contribution in [0.4, 0.5) is 0 Å². The zero-order chi connectivity index (χ0) is 13.4. The molecule has 1 saturated carbocycles. The van der Waals surface area contributed by atoms with E-state index in [0.717, 1.165) is 32.1 Å². The monoisotopic (exact) mass is 253 g/mol. The molecule has 1 rings (SSSR count). The van der Waals surface area contributed by atoms with E-state index in [0.29, 0.717) is 13.2 Å². The summed E-state index contributed by atoms with van der Waals surface area (Å²) in [4.78, 5) is 11.9. The van der Waals surface area contributed by atoms with E-state index in [1.54, 1.807) is 7.11 Å². The molecule has 0 aliphatic heterocycles. The summed E-state index contributed by atoms with van der Waals surface area (Å²) in [6.07, 6.45) is 3.90. The quantitative estimate of drug-likeness (QED) is 0.687. The van der Waals surface area contributed by atoms with Crippen LogP contribution in [0, 0.1) is 17.2 Å². The number of nitriles is 1. The van der Waals surface area contributed by atoms with E-state index in [-0.39, 0.29) is 11.8 Å². The number of amides is 1. The average Bonchev–Trinajstić information content (AvgIpc) is 2.43. The van der Waals surface area contributed by atoms with Crippen molar-refractivity contribution < 1.29 is 9.53 Å². The maximum Gasteiger partial charge on any atom is 0.223 e. The van der Waals surface area contributed by atoms with Crippen LogP contribution in [0.1, 0.15) is 32.1 Å². The van der Waals surface area contributed by atoms with E-state index in [4.69, 9.17) is 10.00 Å². The van der Waals surface area contributed by atoms with Gasteiger partial charge in [-0.25, -0.2) is 0 Å². The first-order valence-corrected chi connectivity index (χ1v) is 6.54. The fourth-order valence-corrected chi connectivity index (χ4v) is 2.36. The van der Waals surface area contributed by atoms with Gasteiger partial charge in [-0.05, 0) is 39.2 Å². The Hall–Kier alpha value is -1.12. The van der Waals surface area contributed by atoms with Gasteiger partial charge in [0.2, 0.25) is 5.91 Å². The Morgan fingerprint density at radius 2 is 2.17 bits per heavy atom. The van der Waals surface area contributed by atoms with Gasteiger partial charge in [-0.2, -0.15) is 5.26 Å². The third-order valence-electron chi connectivity index (χ3n) is 3.73. The second-order valence-corrected chi connectivity index (χ2v) is 4.86. The predicted octanol–water partition coefficient (Wildman–Crippen LogP) is 0.811. The standard InChI is InChI=1S/C13H23N3O2/c1-15-13(10-14)6-4-11(5-7-13)12(17)16-8-3-9-18-2/h11,15H,3-9H2,1-2H3,(H,16,17). The van der Waals surface area contributed by atoms with Gasteiger partial charge in [0.1, 0.15) is 5.54 Å². The van der Waals surface area contributed by atoms with Crippen molar-refractivity contribution in [2.75, 3.05) is 27.3 Å². The highest BCUT2D eigenvalue weighted by Crippen LogP contribution is 2.31. The van der Waals surface area contributed by atoms with Crippen LogP contribution in [-0.4, -0.2) is 38.8 Å². The molecule has 0 bridgehead atoms. The first-order chi connectivity index (χ1) is 8.67. The van der Waals surface area contributed by atoms with E-state index in [1.807, 2.05) is 7.05 Å². The molecule has 18 heavy (non-hydrogen) atoms. The first kappa shape index (κ1) is 14.9. The van der Waals surface area contributed by atoms with Crippen molar-refractivity contribution in [2.45, 2.75) is 37.6 Å². The molecule has 1 amide bonds. The summed E-state index contributed by atoms with van der Waals surface area (Å²) < 4.78 is 4.93. The summed E-state index contributed by atoms with van der Waals surface area (Å²) in [5.74, 6) is 0.177. The number of carbonyl (C=O) groups excluding carboxylic acids is 1. The molecule has 0 radical (unpaired) electrons. The molecule has 2 N–H and O–H groups in total. The number of rotatable bonds is 6. The molecule has 0 unspecified atom stereocenters. The molecule has 0 heterocycles. The summed E-state index contributed by atoms with van der Waals surface area (Å²) in [5.41, 5.74) is -0.424. The van der Waals surface area contributed by atoms with E-state index >= 15 is 0 Å². The Balaban J connectivity index is 2.30. The van der Waals surface area contributed by atoms with E-state index < -0.39 is 5.54 Å². The normalized spacial score (nSPS) is 27.5. The molecule has 0 atom stereocenters. The second kappa shape index (κ2) is 7.34. The highest BCUT2D eigenvalue weighted by Gasteiger charge is 2.36. The van der Waals surface area contributed by atoms with E-state index in [1.165, 1.54) is 0 Å². The van der Waals surface area contributed by atoms with Gasteiger partial charge in [-0.1, -0.05) is 0 Å². The average molecular weight is 253 g/mol. The largest absolute Gasteiger partial charge is 0.385 e. The Morgan fingerprint density at radius 1 is 1.50 bits per heavy atom. The minimum atomic E-state index is -0.424. The number of hydrogen-bond acceptors (Lipinski definition) is 4. The fraction of sp³-hybridized carbons (Fsp3) is 0.846. The second-order valence-electron chi connectivity index (χ2n) is 4.86. The molecular weight excluding hydrogens is 230 g/mol. The van der Waals surface area contributed by atoms with E-state index in [2.05, 4.69) is 16.7 Å². The van der Waals surface area contributed by atoms with Gasteiger partial charge in [-0.3, -0.25) is 4.79 Å². The van der Waals surface area contributed by atoms with Crippen LogP contribution in [0.2, 0.25) is 0 Å². The maximum absolute atomic E-state index is 11.9. The Morgan fingerprint density at radius 3 is 2.67 bits per heavy atom. The molecule has 5 nitrogen and oxygen atoms in total. The molecular formula is C13H23N3O2. The topological polar surface area (TPSA) is 74.2 Å². The minimum absolute atomic E-state index is 0.0577. The molecule has 102 valence electrons. The molecule has 0 aromatic heterocycles. The fourth-order valence-electron chi connectivity index (χ4n) is 2.36. The highest BCUT2D eigenvalue weighted by molar-refractivity contribution is 5.78. The number of ether oxygens (including phenoxy) is 1. The van der Waals surface area contributed by atoms with Crippen molar-refractivity contribution >= 4 is 5.91 Å². The summed E-state index contributed by atoms with van der Waals surface area (Å²) >= 11 is 0. The lowest BCUT2D eigenvalue weighted by Crippen LogP contribution is -2.46. The van der Waals surface area contributed by atoms with Crippen molar-refractivity contribution in [3.05, 3.63) is 0 Å². The SMILES string of the molecule is CNC1(C#N)CCC(C(=O)NCCCOC)CC1. The number of nitrogens with one attached hydrogen (secondary N) is 2. The predicted molar refractivity (Wildman–Crippen MR) is 68.9 cm³/mol. The third kappa shape index (κ3) is 3.97. The van der Waals surface area contributed by atoms with Gasteiger partial charge in [0, 0.05) is 26.2 Å². The van der Waals surface area contributed by atoms with Crippen LogP contribution in [-0.2, 0) is 9.53 Å². The summed E-state index contributed by atoms with van der Waals surface area (Å²) in [6, 6.07) is 2.33. The smallest absolute Gasteiger partial charge is 0.223 e. The van der Waals surface area contributed by atoms with Crippen LogP contribution >= 0.6 is 0 Å². The summed E-state index contributed by atoms with van der Waals surface area (Å²) in [5, 5.41) is 15.1. The number of methoxy groups -OCH3 is 1. The van der Waals surface area contributed by atoms with Crippen molar-refractivity contribution in [3.8, 4) is 6.07 Å². The highest BCUT2D eigenvalue weighted by atomic mass is 16.5. The molecule has 0 saturated heterocycles. The molecule has 0 aromatic carbocycles. The number of nitrogens with zero attached hydrogens (tertiary/aromatic N) is 1. The van der Waals surface area contributed by atoms with Gasteiger partial charge in [-0.15, -0.1) is 0 Å². The van der Waals surface area contributed by atoms with Crippen molar-refractivity contribution in [3.63, 3.8) is 0 Å². The number of carbonyl (C=O) groups is 1. The molecule has 0 spiro atoms. The Bertz CT molecular complexity index is 304. The third-order valence-corrected chi connectivity index (χ3v) is 3.73. The Kier molecular flexibility index (Phi) is 6.10. The molecule has 0 aromatic rings. The zero-order valence-electron chi connectivity index (χ0n) is 11.3. The van der Waals surface area contributed by atoms with Gasteiger partial charge in [0.25, 0.3) is 0 Å². The lowest BCUT2D eigenvalue weighted by Gasteiger charge is -2.34. The van der Waals surface area contributed by atoms with Gasteiger partial charge in [0.15, 0.2) is 0 Å². The van der Waals surface area contributed by atoms with Crippen molar-refractivity contribution in [1.82, 2.24) is 10.6 Å². The first-order valence-electron chi connectivity index (χ1n) is 6.54. The summed E-state index contributed by atoms with van der Waals surface area (Å²) in [7, 11) is 3.47. The molecule has 1 aliphatic carbocycles. The van der Waals surface area contributed by atoms with Gasteiger partial charge >= 0.3 is 0 Å². The summed E-state index contributed by atoms with van der Waals surface area (Å²) in [6.45, 7) is 1.33. The maximum atomic E-state index is 11.9. The number of hydrogen-bond donors (Lipinski definition) is 2. The van der Waals surface area contributed by atoms with Gasteiger partial charge in [0.05, 0.1) is 6.07 Å². The Labute approximate surface area is 109 Å². The van der Waals surface area contributed by atoms with Crippen molar-refractivity contribution in [2.24, 2.45) is 5.92 Å². The van der Waals surface area contributed by atoms with Crippen molar-refractivity contribution in [1.29, 1.82) is 5.26 Å². The van der Waals surface area contributed by atoms with Crippen LogP contribution in [0.25, 0.3) is 0 Å². The molecule has 1 aliphatic rings. The van der Waals surface area contributed by atoms with Crippen LogP contribution in [0.3, 0.4) is 0 Å². The molecule has 5 heteroatoms. The van der Waals surface area contributed by atoms with Crippen LogP contribution in [0.5, 0.6) is 0 Å². The van der Waals surface area contributed by atoms with E-state index in [9.17, 15) is 4.79 Å². The minimum Gasteiger partial charge on any atom is -0.385 e. The molecule has 1 fully saturated rings. The van der Waals surface area contributed by atoms with Crippen LogP contribution < -0.4 is 10.6 Å². The van der Waals surface area contributed by atoms with Gasteiger partial charge < -0.3 is 15.4 Å². The van der Waals surface area contributed by atoms with Crippen LogP contribution in [0.15, 0.2) is 0 Å². The zero-order valence-corrected chi connectivity index (χ0v) is 11.3. The lowest BCUT2D eigenvalue weighted by atomic mass is 9.77.